The zero-order valence-corrected chi connectivity index (χ0v) is 16.1. The van der Waals surface area contributed by atoms with E-state index in [0.29, 0.717) is 11.4 Å². The van der Waals surface area contributed by atoms with Crippen LogP contribution in [0.2, 0.25) is 10.0 Å². The number of urea groups is 1. The van der Waals surface area contributed by atoms with Gasteiger partial charge in [0.25, 0.3) is 0 Å². The van der Waals surface area contributed by atoms with Gasteiger partial charge in [-0.3, -0.25) is 4.31 Å². The molecule has 1 aromatic carbocycles. The molecule has 0 aliphatic carbocycles. The van der Waals surface area contributed by atoms with Crippen molar-refractivity contribution >= 4 is 46.9 Å². The predicted molar refractivity (Wildman–Crippen MR) is 103 cm³/mol. The summed E-state index contributed by atoms with van der Waals surface area (Å²) in [5.41, 5.74) is 0.552. The third-order valence-electron chi connectivity index (χ3n) is 3.01. The average Bonchev–Trinajstić information content (AvgIpc) is 2.61. The zero-order valence-electron chi connectivity index (χ0n) is 13.8. The number of benzene rings is 1. The third-order valence-corrected chi connectivity index (χ3v) is 4.70. The number of anilines is 1. The molecule has 0 spiro atoms. The molecule has 136 valence electrons. The maximum atomic E-state index is 13.5. The highest BCUT2D eigenvalue weighted by Crippen LogP contribution is 2.30. The lowest BCUT2D eigenvalue weighted by Crippen LogP contribution is -2.27. The number of nitrogens with zero attached hydrogens (tertiary/aromatic N) is 2. The number of halogens is 3. The topological polar surface area (TPSA) is 54.5 Å². The zero-order chi connectivity index (χ0) is 19.3. The molecule has 1 unspecified atom stereocenters. The number of carbonyl (C=O) groups excluding carboxylic acids is 1. The first-order valence-electron chi connectivity index (χ1n) is 7.27. The summed E-state index contributed by atoms with van der Waals surface area (Å²) in [5, 5.41) is 2.33. The molecule has 9 heteroatoms. The number of hydrogen-bond donors (Lipinski definition) is 1. The molecule has 1 aromatic heterocycles. The molecule has 0 aliphatic rings. The van der Waals surface area contributed by atoms with Crippen molar-refractivity contribution in [3.63, 3.8) is 0 Å². The lowest BCUT2D eigenvalue weighted by atomic mass is 10.3. The van der Waals surface area contributed by atoms with Crippen LogP contribution in [0.15, 0.2) is 30.3 Å². The van der Waals surface area contributed by atoms with Gasteiger partial charge in [0.1, 0.15) is 10.8 Å². The van der Waals surface area contributed by atoms with Gasteiger partial charge in [0.15, 0.2) is 0 Å². The third kappa shape index (κ3) is 5.43. The number of amides is 2. The van der Waals surface area contributed by atoms with Gasteiger partial charge in [0.2, 0.25) is 11.8 Å². The minimum atomic E-state index is -0.917. The molecule has 2 rings (SSSR count). The van der Waals surface area contributed by atoms with Crippen LogP contribution in [-0.2, 0) is 0 Å². The Bertz CT molecular complexity index is 820. The molecule has 0 aliphatic heterocycles. The number of pyridine rings is 1. The fourth-order valence-electron chi connectivity index (χ4n) is 1.75. The lowest BCUT2D eigenvalue weighted by molar-refractivity contribution is 0.243. The monoisotopic (exact) mass is 413 g/mol. The smallest absolute Gasteiger partial charge is 0.331 e. The summed E-state index contributed by atoms with van der Waals surface area (Å²) >= 11 is 12.6. The molecule has 1 heterocycles. The fourth-order valence-corrected chi connectivity index (χ4v) is 2.69. The normalized spacial score (nSPS) is 11.4. The highest BCUT2D eigenvalue weighted by molar-refractivity contribution is 7.98. The molecule has 5 nitrogen and oxygen atoms in total. The second-order valence-electron chi connectivity index (χ2n) is 5.02. The molecule has 26 heavy (non-hydrogen) atoms. The van der Waals surface area contributed by atoms with Crippen LogP contribution in [0.3, 0.4) is 0 Å². The summed E-state index contributed by atoms with van der Waals surface area (Å²) in [4.78, 5) is 15.6. The summed E-state index contributed by atoms with van der Waals surface area (Å²) in [7, 11) is 1.62. The van der Waals surface area contributed by atoms with Gasteiger partial charge in [-0.1, -0.05) is 29.1 Å². The van der Waals surface area contributed by atoms with E-state index in [-0.39, 0.29) is 27.2 Å². The summed E-state index contributed by atoms with van der Waals surface area (Å²) in [5.74, 6) is 1.97. The molecule has 1 atom stereocenters. The Kier molecular flexibility index (Phi) is 6.98. The summed E-state index contributed by atoms with van der Waals surface area (Å²) in [6.07, 6.45) is 5.29. The van der Waals surface area contributed by atoms with Gasteiger partial charge < -0.3 is 10.1 Å². The van der Waals surface area contributed by atoms with E-state index in [4.69, 9.17) is 34.4 Å². The number of carbonyl (C=O) groups is 1. The Hall–Kier alpha value is -2.14. The van der Waals surface area contributed by atoms with E-state index >= 15 is 0 Å². The van der Waals surface area contributed by atoms with E-state index in [1.54, 1.807) is 31.3 Å². The van der Waals surface area contributed by atoms with Crippen molar-refractivity contribution in [1.29, 1.82) is 0 Å². The van der Waals surface area contributed by atoms with Crippen LogP contribution in [0.1, 0.15) is 6.92 Å². The molecule has 0 saturated carbocycles. The first-order chi connectivity index (χ1) is 12.3. The van der Waals surface area contributed by atoms with E-state index in [1.165, 1.54) is 22.3 Å². The highest BCUT2D eigenvalue weighted by atomic mass is 35.5. The molecule has 0 saturated heterocycles. The van der Waals surface area contributed by atoms with Gasteiger partial charge in [-0.15, -0.1) is 6.42 Å². The molecule has 0 bridgehead atoms. The number of ether oxygens (including phenoxy) is 1. The second-order valence-corrected chi connectivity index (χ2v) is 7.27. The molecule has 0 radical (unpaired) electrons. The first-order valence-corrected chi connectivity index (χ1v) is 8.86. The number of rotatable bonds is 5. The molecular weight excluding hydrogens is 400 g/mol. The van der Waals surface area contributed by atoms with Crippen LogP contribution >= 0.6 is 35.1 Å². The highest BCUT2D eigenvalue weighted by Gasteiger charge is 2.13. The second kappa shape index (κ2) is 8.99. The number of aromatic nitrogens is 1. The summed E-state index contributed by atoms with van der Waals surface area (Å²) < 4.78 is 20.3. The van der Waals surface area contributed by atoms with Gasteiger partial charge in [0.05, 0.1) is 10.3 Å². The van der Waals surface area contributed by atoms with Crippen LogP contribution in [0, 0.1) is 18.3 Å². The number of hydrogen-bond acceptors (Lipinski definition) is 4. The van der Waals surface area contributed by atoms with Crippen molar-refractivity contribution in [3.05, 3.63) is 46.3 Å². The average molecular weight is 414 g/mol. The minimum absolute atomic E-state index is 0.000199. The Morgan fingerprint density at radius 2 is 2.08 bits per heavy atom. The standard InChI is InChI=1S/C17H14Cl2FN3O2S/c1-4-10(2)26-23(3)17(24)21-11-5-7-12(8-6-11)25-14-9-13(18)15(19)16(20)22-14/h1,5-10H,2-3H3,(H,21,24). The SMILES string of the molecule is C#CC(C)SN(C)C(=O)Nc1ccc(Oc2cc(Cl)c(Cl)c(F)n2)cc1. The molecule has 0 fully saturated rings. The maximum absolute atomic E-state index is 13.5. The summed E-state index contributed by atoms with van der Waals surface area (Å²) in [6.45, 7) is 1.82. The van der Waals surface area contributed by atoms with Gasteiger partial charge >= 0.3 is 6.03 Å². The van der Waals surface area contributed by atoms with Gasteiger partial charge in [-0.25, -0.2) is 4.79 Å². The van der Waals surface area contributed by atoms with Crippen molar-refractivity contribution in [1.82, 2.24) is 9.29 Å². The van der Waals surface area contributed by atoms with Crippen LogP contribution < -0.4 is 10.1 Å². The number of nitrogens with one attached hydrogen (secondary N) is 1. The van der Waals surface area contributed by atoms with Crippen LogP contribution in [0.25, 0.3) is 0 Å². The van der Waals surface area contributed by atoms with Gasteiger partial charge in [-0.05, 0) is 43.1 Å². The Labute approximate surface area is 165 Å². The molecule has 2 aromatic rings. The molecule has 2 amide bonds. The molecule has 1 N–H and O–H groups in total. The van der Waals surface area contributed by atoms with Gasteiger partial charge in [-0.2, -0.15) is 9.37 Å². The maximum Gasteiger partial charge on any atom is 0.331 e. The lowest BCUT2D eigenvalue weighted by Gasteiger charge is -2.18. The van der Waals surface area contributed by atoms with E-state index in [2.05, 4.69) is 16.2 Å². The van der Waals surface area contributed by atoms with E-state index in [1.807, 2.05) is 6.92 Å². The summed E-state index contributed by atoms with van der Waals surface area (Å²) in [6, 6.07) is 7.43. The van der Waals surface area contributed by atoms with Crippen LogP contribution in [0.4, 0.5) is 14.9 Å². The van der Waals surface area contributed by atoms with Crippen molar-refractivity contribution in [2.75, 3.05) is 12.4 Å². The van der Waals surface area contributed by atoms with E-state index in [0.717, 1.165) is 0 Å². The van der Waals surface area contributed by atoms with Crippen LogP contribution in [0.5, 0.6) is 11.6 Å². The first kappa shape index (κ1) is 20.2. The van der Waals surface area contributed by atoms with E-state index in [9.17, 15) is 9.18 Å². The van der Waals surface area contributed by atoms with Crippen molar-refractivity contribution in [3.8, 4) is 24.0 Å². The van der Waals surface area contributed by atoms with Crippen LogP contribution in [-0.4, -0.2) is 27.6 Å². The number of terminal acetylenes is 1. The van der Waals surface area contributed by atoms with Crippen molar-refractivity contribution < 1.29 is 13.9 Å². The Balaban J connectivity index is 2.00. The Morgan fingerprint density at radius 1 is 1.42 bits per heavy atom. The van der Waals surface area contributed by atoms with Gasteiger partial charge in [0, 0.05) is 18.8 Å². The van der Waals surface area contributed by atoms with E-state index < -0.39 is 5.95 Å². The molecular formula is C17H14Cl2FN3O2S. The quantitative estimate of drug-likeness (QED) is 0.402. The largest absolute Gasteiger partial charge is 0.439 e. The van der Waals surface area contributed by atoms with Crippen molar-refractivity contribution in [2.45, 2.75) is 12.2 Å². The fraction of sp³-hybridized carbons (Fsp3) is 0.176. The minimum Gasteiger partial charge on any atom is -0.439 e. The van der Waals surface area contributed by atoms with Crippen molar-refractivity contribution in [2.24, 2.45) is 0 Å². The Morgan fingerprint density at radius 3 is 2.65 bits per heavy atom. The predicted octanol–water partition coefficient (Wildman–Crippen LogP) is 5.45.